The molecule has 0 radical (unpaired) electrons. The molecule has 1 aromatic carbocycles. The summed E-state index contributed by atoms with van der Waals surface area (Å²) in [5.41, 5.74) is 2.75. The van der Waals surface area contributed by atoms with Crippen molar-refractivity contribution in [2.24, 2.45) is 0 Å². The molecule has 0 fully saturated rings. The maximum Gasteiger partial charge on any atom is 0.183 e. The molecule has 0 atom stereocenters. The van der Waals surface area contributed by atoms with E-state index >= 15 is 0 Å². The molecule has 16 heavy (non-hydrogen) atoms. The number of carbonyl (C=O) groups is 1. The molecule has 1 aliphatic rings. The van der Waals surface area contributed by atoms with Crippen LogP contribution in [0.25, 0.3) is 5.69 Å². The molecule has 1 aromatic heterocycles. The Hall–Kier alpha value is -1.90. The Morgan fingerprint density at radius 2 is 1.94 bits per heavy atom. The van der Waals surface area contributed by atoms with E-state index in [-0.39, 0.29) is 5.78 Å². The Morgan fingerprint density at radius 1 is 1.12 bits per heavy atom. The molecule has 0 N–H and O–H groups in total. The SMILES string of the molecule is O=C1CCCc2cn(-c3ccccc3)nc21. The first-order valence-corrected chi connectivity index (χ1v) is 5.52. The minimum Gasteiger partial charge on any atom is -0.292 e. The summed E-state index contributed by atoms with van der Waals surface area (Å²) in [4.78, 5) is 11.7. The summed E-state index contributed by atoms with van der Waals surface area (Å²) >= 11 is 0. The lowest BCUT2D eigenvalue weighted by atomic mass is 9.97. The molecule has 80 valence electrons. The molecule has 0 unspecified atom stereocenters. The van der Waals surface area contributed by atoms with Crippen LogP contribution in [0.5, 0.6) is 0 Å². The van der Waals surface area contributed by atoms with Gasteiger partial charge in [-0.05, 0) is 25.0 Å². The van der Waals surface area contributed by atoms with Crippen LogP contribution in [0.4, 0.5) is 0 Å². The number of ketones is 1. The fraction of sp³-hybridized carbons (Fsp3) is 0.231. The van der Waals surface area contributed by atoms with Crippen LogP contribution in [0, 0.1) is 0 Å². The number of aromatic nitrogens is 2. The van der Waals surface area contributed by atoms with E-state index in [1.54, 1.807) is 4.68 Å². The molecular weight excluding hydrogens is 200 g/mol. The highest BCUT2D eigenvalue weighted by Crippen LogP contribution is 2.21. The fourth-order valence-corrected chi connectivity index (χ4v) is 2.10. The van der Waals surface area contributed by atoms with Gasteiger partial charge in [0.15, 0.2) is 5.78 Å². The second-order valence-electron chi connectivity index (χ2n) is 4.06. The van der Waals surface area contributed by atoms with Crippen LogP contribution in [0.1, 0.15) is 28.9 Å². The van der Waals surface area contributed by atoms with E-state index in [2.05, 4.69) is 5.10 Å². The van der Waals surface area contributed by atoms with E-state index in [0.29, 0.717) is 12.1 Å². The number of aryl methyl sites for hydroxylation is 1. The second kappa shape index (κ2) is 3.59. The number of rotatable bonds is 1. The topological polar surface area (TPSA) is 34.9 Å². The smallest absolute Gasteiger partial charge is 0.183 e. The Morgan fingerprint density at radius 3 is 2.69 bits per heavy atom. The van der Waals surface area contributed by atoms with Gasteiger partial charge in [0, 0.05) is 18.2 Å². The molecule has 0 aliphatic heterocycles. The lowest BCUT2D eigenvalue weighted by Crippen LogP contribution is -2.09. The third-order valence-electron chi connectivity index (χ3n) is 2.92. The maximum atomic E-state index is 11.7. The van der Waals surface area contributed by atoms with Gasteiger partial charge in [0.25, 0.3) is 0 Å². The van der Waals surface area contributed by atoms with Crippen molar-refractivity contribution in [3.63, 3.8) is 0 Å². The predicted molar refractivity (Wildman–Crippen MR) is 60.8 cm³/mol. The third kappa shape index (κ3) is 1.45. The van der Waals surface area contributed by atoms with Crippen molar-refractivity contribution < 1.29 is 4.79 Å². The van der Waals surface area contributed by atoms with Gasteiger partial charge in [-0.2, -0.15) is 5.10 Å². The minimum absolute atomic E-state index is 0.177. The van der Waals surface area contributed by atoms with E-state index in [9.17, 15) is 4.79 Å². The summed E-state index contributed by atoms with van der Waals surface area (Å²) in [6, 6.07) is 9.89. The van der Waals surface area contributed by atoms with Crippen LogP contribution in [-0.4, -0.2) is 15.6 Å². The van der Waals surface area contributed by atoms with Crippen LogP contribution >= 0.6 is 0 Å². The minimum atomic E-state index is 0.177. The lowest BCUT2D eigenvalue weighted by molar-refractivity contribution is 0.0967. The second-order valence-corrected chi connectivity index (χ2v) is 4.06. The number of para-hydroxylation sites is 1. The molecule has 0 spiro atoms. The van der Waals surface area contributed by atoms with Crippen molar-refractivity contribution in [3.8, 4) is 5.69 Å². The number of benzene rings is 1. The average molecular weight is 212 g/mol. The molecule has 0 saturated carbocycles. The van der Waals surface area contributed by atoms with E-state index in [1.165, 1.54) is 0 Å². The van der Waals surface area contributed by atoms with Gasteiger partial charge in [-0.1, -0.05) is 18.2 Å². The number of nitrogens with zero attached hydrogens (tertiary/aromatic N) is 2. The van der Waals surface area contributed by atoms with Crippen molar-refractivity contribution in [1.82, 2.24) is 9.78 Å². The zero-order chi connectivity index (χ0) is 11.0. The van der Waals surface area contributed by atoms with Crippen molar-refractivity contribution in [3.05, 3.63) is 47.8 Å². The first-order chi connectivity index (χ1) is 7.84. The van der Waals surface area contributed by atoms with Gasteiger partial charge in [0.2, 0.25) is 0 Å². The van der Waals surface area contributed by atoms with Gasteiger partial charge in [-0.3, -0.25) is 4.79 Å². The van der Waals surface area contributed by atoms with Crippen LogP contribution < -0.4 is 0 Å². The van der Waals surface area contributed by atoms with E-state index in [0.717, 1.165) is 24.1 Å². The molecule has 0 amide bonds. The normalized spacial score (nSPS) is 14.9. The highest BCUT2D eigenvalue weighted by Gasteiger charge is 2.21. The molecule has 3 heteroatoms. The first kappa shape index (κ1) is 9.33. The van der Waals surface area contributed by atoms with Gasteiger partial charge >= 0.3 is 0 Å². The molecule has 0 bridgehead atoms. The molecule has 3 nitrogen and oxygen atoms in total. The summed E-state index contributed by atoms with van der Waals surface area (Å²) in [6.07, 6.45) is 4.53. The molecular formula is C13H12N2O. The Balaban J connectivity index is 2.08. The van der Waals surface area contributed by atoms with Crippen LogP contribution in [0.2, 0.25) is 0 Å². The van der Waals surface area contributed by atoms with Crippen molar-refractivity contribution in [2.75, 3.05) is 0 Å². The maximum absolute atomic E-state index is 11.7. The first-order valence-electron chi connectivity index (χ1n) is 5.52. The Labute approximate surface area is 93.7 Å². The Kier molecular flexibility index (Phi) is 2.10. The largest absolute Gasteiger partial charge is 0.292 e. The molecule has 1 heterocycles. The molecule has 0 saturated heterocycles. The van der Waals surface area contributed by atoms with E-state index < -0.39 is 0 Å². The van der Waals surface area contributed by atoms with Gasteiger partial charge in [0.1, 0.15) is 5.69 Å². The molecule has 1 aliphatic carbocycles. The summed E-state index contributed by atoms with van der Waals surface area (Å²) in [6.45, 7) is 0. The zero-order valence-corrected chi connectivity index (χ0v) is 8.89. The van der Waals surface area contributed by atoms with Crippen LogP contribution in [0.15, 0.2) is 36.5 Å². The number of hydrogen-bond donors (Lipinski definition) is 0. The summed E-state index contributed by atoms with van der Waals surface area (Å²) in [7, 11) is 0. The van der Waals surface area contributed by atoms with Crippen LogP contribution in [0.3, 0.4) is 0 Å². The van der Waals surface area contributed by atoms with Gasteiger partial charge < -0.3 is 0 Å². The standard InChI is InChI=1S/C13H12N2O/c16-12-8-4-5-10-9-15(14-13(10)12)11-6-2-1-3-7-11/h1-3,6-7,9H,4-5,8H2. The average Bonchev–Trinajstić information content (AvgIpc) is 2.76. The van der Waals surface area contributed by atoms with E-state index in [1.807, 2.05) is 36.5 Å². The quantitative estimate of drug-likeness (QED) is 0.727. The van der Waals surface area contributed by atoms with Crippen molar-refractivity contribution in [2.45, 2.75) is 19.3 Å². The van der Waals surface area contributed by atoms with Gasteiger partial charge in [0.05, 0.1) is 5.69 Å². The summed E-state index contributed by atoms with van der Waals surface area (Å²) in [5.74, 6) is 0.177. The zero-order valence-electron chi connectivity index (χ0n) is 8.89. The van der Waals surface area contributed by atoms with Crippen molar-refractivity contribution in [1.29, 1.82) is 0 Å². The van der Waals surface area contributed by atoms with Crippen molar-refractivity contribution >= 4 is 5.78 Å². The van der Waals surface area contributed by atoms with Gasteiger partial charge in [-0.25, -0.2) is 4.68 Å². The number of carbonyl (C=O) groups excluding carboxylic acids is 1. The van der Waals surface area contributed by atoms with Gasteiger partial charge in [-0.15, -0.1) is 0 Å². The monoisotopic (exact) mass is 212 g/mol. The predicted octanol–water partition coefficient (Wildman–Crippen LogP) is 2.39. The number of fused-ring (bicyclic) bond motifs is 1. The number of hydrogen-bond acceptors (Lipinski definition) is 2. The highest BCUT2D eigenvalue weighted by molar-refractivity contribution is 5.96. The Bertz CT molecular complexity index is 528. The fourth-order valence-electron chi connectivity index (χ4n) is 2.10. The summed E-state index contributed by atoms with van der Waals surface area (Å²) in [5, 5.41) is 4.37. The van der Waals surface area contributed by atoms with E-state index in [4.69, 9.17) is 0 Å². The lowest BCUT2D eigenvalue weighted by Gasteiger charge is -2.05. The summed E-state index contributed by atoms with van der Waals surface area (Å²) < 4.78 is 1.80. The number of Topliss-reactive ketones (excluding diaryl/α,β-unsaturated/α-hetero) is 1. The van der Waals surface area contributed by atoms with Crippen LogP contribution in [-0.2, 0) is 6.42 Å². The molecule has 3 rings (SSSR count). The highest BCUT2D eigenvalue weighted by atomic mass is 16.1. The molecule has 2 aromatic rings. The third-order valence-corrected chi connectivity index (χ3v) is 2.92.